The van der Waals surface area contributed by atoms with Gasteiger partial charge in [-0.15, -0.1) is 0 Å². The molecule has 0 aromatic heterocycles. The lowest BCUT2D eigenvalue weighted by atomic mass is 9.98. The molecule has 1 amide bonds. The van der Waals surface area contributed by atoms with E-state index in [1.165, 1.54) is 0 Å². The second kappa shape index (κ2) is 9.03. The molecule has 3 aromatic rings. The molecule has 3 atom stereocenters. The van der Waals surface area contributed by atoms with Gasteiger partial charge in [0, 0.05) is 6.54 Å². The Morgan fingerprint density at radius 2 is 1.41 bits per heavy atom. The first-order valence-electron chi connectivity index (χ1n) is 9.94. The topological polar surface area (TPSA) is 49.8 Å². The molecule has 0 spiro atoms. The summed E-state index contributed by atoms with van der Waals surface area (Å²) in [5, 5.41) is 11.2. The van der Waals surface area contributed by atoms with E-state index in [2.05, 4.69) is 0 Å². The Balaban J connectivity index is 1.58. The maximum Gasteiger partial charge on any atom is 0.226 e. The molecule has 0 radical (unpaired) electrons. The minimum atomic E-state index is -0.813. The molecule has 0 unspecified atom stereocenters. The van der Waals surface area contributed by atoms with Crippen LogP contribution in [0.5, 0.6) is 0 Å². The van der Waals surface area contributed by atoms with Crippen LogP contribution in [0, 0.1) is 0 Å². The van der Waals surface area contributed by atoms with E-state index < -0.39 is 12.1 Å². The summed E-state index contributed by atoms with van der Waals surface area (Å²) >= 11 is 0. The summed E-state index contributed by atoms with van der Waals surface area (Å²) in [5.41, 5.74) is 2.88. The summed E-state index contributed by atoms with van der Waals surface area (Å²) in [7, 11) is 0. The van der Waals surface area contributed by atoms with Gasteiger partial charge in [0.1, 0.15) is 6.10 Å². The van der Waals surface area contributed by atoms with Gasteiger partial charge in [0.25, 0.3) is 0 Å². The number of benzene rings is 3. The molecule has 0 bridgehead atoms. The summed E-state index contributed by atoms with van der Waals surface area (Å²) in [5.74, 6) is 0.00639. The fraction of sp³-hybridized carbons (Fsp3) is 0.240. The van der Waals surface area contributed by atoms with Gasteiger partial charge in [-0.25, -0.2) is 0 Å². The Morgan fingerprint density at radius 3 is 2.03 bits per heavy atom. The van der Waals surface area contributed by atoms with Crippen molar-refractivity contribution < 1.29 is 14.6 Å². The highest BCUT2D eigenvalue weighted by molar-refractivity contribution is 5.80. The second-order valence-electron chi connectivity index (χ2n) is 7.39. The highest BCUT2D eigenvalue weighted by Gasteiger charge is 2.44. The van der Waals surface area contributed by atoms with Crippen molar-refractivity contribution in [1.29, 1.82) is 0 Å². The summed E-state index contributed by atoms with van der Waals surface area (Å²) < 4.78 is 6.16. The molecule has 1 heterocycles. The number of ether oxygens (including phenoxy) is 1. The van der Waals surface area contributed by atoms with Crippen molar-refractivity contribution in [2.75, 3.05) is 0 Å². The van der Waals surface area contributed by atoms with Crippen LogP contribution >= 0.6 is 0 Å². The number of amides is 1. The predicted molar refractivity (Wildman–Crippen MR) is 112 cm³/mol. The van der Waals surface area contributed by atoms with Crippen molar-refractivity contribution in [1.82, 2.24) is 4.90 Å². The Bertz CT molecular complexity index is 915. The molecule has 4 rings (SSSR count). The van der Waals surface area contributed by atoms with Gasteiger partial charge in [-0.2, -0.15) is 0 Å². The monoisotopic (exact) mass is 387 g/mol. The van der Waals surface area contributed by atoms with Crippen LogP contribution < -0.4 is 0 Å². The Morgan fingerprint density at radius 1 is 0.862 bits per heavy atom. The summed E-state index contributed by atoms with van der Waals surface area (Å²) in [6.45, 7) is 0.870. The molecule has 1 N–H and O–H groups in total. The Labute approximate surface area is 171 Å². The first-order valence-corrected chi connectivity index (χ1v) is 9.94. The molecule has 29 heavy (non-hydrogen) atoms. The quantitative estimate of drug-likeness (QED) is 0.664. The number of carbonyl (C=O) groups is 1. The van der Waals surface area contributed by atoms with E-state index in [-0.39, 0.29) is 18.4 Å². The minimum Gasteiger partial charge on any atom is -0.386 e. The number of carbonyl (C=O) groups excluding carboxylic acids is 1. The fourth-order valence-electron chi connectivity index (χ4n) is 3.91. The van der Waals surface area contributed by atoms with Crippen LogP contribution in [0.25, 0.3) is 0 Å². The Hall–Kier alpha value is -2.95. The average molecular weight is 387 g/mol. The van der Waals surface area contributed by atoms with Crippen molar-refractivity contribution in [3.8, 4) is 0 Å². The number of likely N-dealkylation sites (tertiary alicyclic amines) is 1. The normalized spacial score (nSPS) is 20.0. The SMILES string of the molecule is O=C1C[C@H](OCc2ccccc2)[C@@H]([C@@H](O)c2ccccc2)N1Cc1ccccc1. The maximum absolute atomic E-state index is 12.9. The van der Waals surface area contributed by atoms with Crippen molar-refractivity contribution in [3.63, 3.8) is 0 Å². The zero-order chi connectivity index (χ0) is 20.1. The molecule has 1 fully saturated rings. The molecule has 1 saturated heterocycles. The number of nitrogens with zero attached hydrogens (tertiary/aromatic N) is 1. The zero-order valence-corrected chi connectivity index (χ0v) is 16.2. The zero-order valence-electron chi connectivity index (χ0n) is 16.2. The Kier molecular flexibility index (Phi) is 6.03. The largest absolute Gasteiger partial charge is 0.386 e. The van der Waals surface area contributed by atoms with Crippen molar-refractivity contribution in [3.05, 3.63) is 108 Å². The highest BCUT2D eigenvalue weighted by atomic mass is 16.5. The van der Waals surface area contributed by atoms with Crippen LogP contribution in [0.2, 0.25) is 0 Å². The van der Waals surface area contributed by atoms with E-state index in [4.69, 9.17) is 4.74 Å². The summed E-state index contributed by atoms with van der Waals surface area (Å²) in [4.78, 5) is 14.6. The van der Waals surface area contributed by atoms with Crippen molar-refractivity contribution in [2.24, 2.45) is 0 Å². The van der Waals surface area contributed by atoms with Gasteiger partial charge in [0.15, 0.2) is 0 Å². The molecular weight excluding hydrogens is 362 g/mol. The van der Waals surface area contributed by atoms with Gasteiger partial charge in [-0.3, -0.25) is 4.79 Å². The van der Waals surface area contributed by atoms with Gasteiger partial charge in [0.05, 0.1) is 25.2 Å². The smallest absolute Gasteiger partial charge is 0.226 e. The van der Waals surface area contributed by atoms with Gasteiger partial charge in [-0.1, -0.05) is 91.0 Å². The highest BCUT2D eigenvalue weighted by Crippen LogP contribution is 2.34. The lowest BCUT2D eigenvalue weighted by Gasteiger charge is -2.32. The fourth-order valence-corrected chi connectivity index (χ4v) is 3.91. The first-order chi connectivity index (χ1) is 14.2. The van der Waals surface area contributed by atoms with E-state index in [9.17, 15) is 9.90 Å². The summed E-state index contributed by atoms with van der Waals surface area (Å²) in [6.07, 6.45) is -0.914. The third-order valence-corrected chi connectivity index (χ3v) is 5.40. The minimum absolute atomic E-state index is 0.00639. The molecular formula is C25H25NO3. The van der Waals surface area contributed by atoms with Gasteiger partial charge >= 0.3 is 0 Å². The molecule has 4 heteroatoms. The van der Waals surface area contributed by atoms with Gasteiger partial charge < -0.3 is 14.7 Å². The van der Waals surface area contributed by atoms with E-state index in [0.29, 0.717) is 13.2 Å². The molecule has 3 aromatic carbocycles. The molecule has 148 valence electrons. The number of hydrogen-bond acceptors (Lipinski definition) is 3. The van der Waals surface area contributed by atoms with Crippen LogP contribution in [-0.2, 0) is 22.7 Å². The van der Waals surface area contributed by atoms with Crippen molar-refractivity contribution >= 4 is 5.91 Å². The number of hydrogen-bond donors (Lipinski definition) is 1. The summed E-state index contributed by atoms with van der Waals surface area (Å²) in [6, 6.07) is 28.8. The maximum atomic E-state index is 12.9. The third kappa shape index (κ3) is 4.56. The lowest BCUT2D eigenvalue weighted by molar-refractivity contribution is -0.131. The van der Waals surface area contributed by atoms with Crippen molar-refractivity contribution in [2.45, 2.75) is 37.8 Å². The number of aliphatic hydroxyl groups is 1. The van der Waals surface area contributed by atoms with Gasteiger partial charge in [0.2, 0.25) is 5.91 Å². The lowest BCUT2D eigenvalue weighted by Crippen LogP contribution is -2.42. The predicted octanol–water partition coefficient (Wildman–Crippen LogP) is 4.11. The molecule has 4 nitrogen and oxygen atoms in total. The van der Waals surface area contributed by atoms with E-state index >= 15 is 0 Å². The van der Waals surface area contributed by atoms with Crippen LogP contribution in [0.4, 0.5) is 0 Å². The van der Waals surface area contributed by atoms with E-state index in [1.54, 1.807) is 4.90 Å². The number of rotatable bonds is 7. The van der Waals surface area contributed by atoms with Crippen LogP contribution in [0.3, 0.4) is 0 Å². The average Bonchev–Trinajstić information content (AvgIpc) is 3.09. The second-order valence-corrected chi connectivity index (χ2v) is 7.39. The number of aliphatic hydroxyl groups excluding tert-OH is 1. The third-order valence-electron chi connectivity index (χ3n) is 5.40. The first kappa shape index (κ1) is 19.4. The molecule has 0 aliphatic carbocycles. The molecule has 1 aliphatic rings. The van der Waals surface area contributed by atoms with E-state index in [0.717, 1.165) is 16.7 Å². The van der Waals surface area contributed by atoms with E-state index in [1.807, 2.05) is 91.0 Å². The van der Waals surface area contributed by atoms with Crippen LogP contribution in [-0.4, -0.2) is 28.1 Å². The van der Waals surface area contributed by atoms with Gasteiger partial charge in [-0.05, 0) is 16.7 Å². The molecule has 1 aliphatic heterocycles. The standard InChI is InChI=1S/C25H25NO3/c27-23-16-22(29-18-20-12-6-2-7-13-20)24(25(28)21-14-8-3-9-15-21)26(23)17-19-10-4-1-5-11-19/h1-15,22,24-25,28H,16-18H2/t22-,24-,25-/m0/s1. The van der Waals surface area contributed by atoms with Crippen LogP contribution in [0.15, 0.2) is 91.0 Å². The molecule has 0 saturated carbocycles. The van der Waals surface area contributed by atoms with Crippen LogP contribution in [0.1, 0.15) is 29.2 Å².